The predicted molar refractivity (Wildman–Crippen MR) is 110 cm³/mol. The van der Waals surface area contributed by atoms with Gasteiger partial charge in [0, 0.05) is 37.2 Å². The van der Waals surface area contributed by atoms with Gasteiger partial charge in [-0.3, -0.25) is 4.79 Å². The summed E-state index contributed by atoms with van der Waals surface area (Å²) in [5, 5.41) is 0. The van der Waals surface area contributed by atoms with E-state index in [1.165, 1.54) is 15.9 Å². The molecule has 2 aromatic carbocycles. The van der Waals surface area contributed by atoms with Crippen LogP contribution in [0.1, 0.15) is 35.2 Å². The Bertz CT molecular complexity index is 971. The summed E-state index contributed by atoms with van der Waals surface area (Å²) in [5.74, 6) is 0.176. The predicted octanol–water partition coefficient (Wildman–Crippen LogP) is 2.73. The van der Waals surface area contributed by atoms with Crippen molar-refractivity contribution in [2.75, 3.05) is 32.8 Å². The van der Waals surface area contributed by atoms with Crippen LogP contribution in [0.5, 0.6) is 0 Å². The van der Waals surface area contributed by atoms with Crippen LogP contribution in [-0.2, 0) is 14.8 Å². The van der Waals surface area contributed by atoms with E-state index in [2.05, 4.69) is 19.1 Å². The maximum Gasteiger partial charge on any atom is 0.254 e. The highest BCUT2D eigenvalue weighted by Gasteiger charge is 2.35. The quantitative estimate of drug-likeness (QED) is 0.772. The minimum Gasteiger partial charge on any atom is -0.379 e. The number of hydrogen-bond donors (Lipinski definition) is 0. The molecule has 2 saturated heterocycles. The molecule has 2 atom stereocenters. The number of carbonyl (C=O) groups is 1. The zero-order valence-corrected chi connectivity index (χ0v) is 17.3. The number of sulfonamides is 1. The van der Waals surface area contributed by atoms with Gasteiger partial charge in [0.15, 0.2) is 0 Å². The molecular formula is C22H26N2O4S. The lowest BCUT2D eigenvalue weighted by molar-refractivity contribution is 0.0728. The van der Waals surface area contributed by atoms with Crippen molar-refractivity contribution < 1.29 is 17.9 Å². The second-order valence-electron chi connectivity index (χ2n) is 7.59. The van der Waals surface area contributed by atoms with Gasteiger partial charge in [0.1, 0.15) is 0 Å². The van der Waals surface area contributed by atoms with Crippen LogP contribution in [-0.4, -0.2) is 62.4 Å². The third-order valence-corrected chi connectivity index (χ3v) is 7.83. The second kappa shape index (κ2) is 8.26. The van der Waals surface area contributed by atoms with Crippen LogP contribution in [0, 0.1) is 0 Å². The smallest absolute Gasteiger partial charge is 0.254 e. The molecule has 0 aromatic heterocycles. The van der Waals surface area contributed by atoms with Gasteiger partial charge in [-0.15, -0.1) is 0 Å². The van der Waals surface area contributed by atoms with Gasteiger partial charge in [-0.25, -0.2) is 8.42 Å². The monoisotopic (exact) mass is 414 g/mol. The second-order valence-corrected chi connectivity index (χ2v) is 9.53. The van der Waals surface area contributed by atoms with Crippen molar-refractivity contribution in [2.45, 2.75) is 30.2 Å². The maximum absolute atomic E-state index is 13.2. The van der Waals surface area contributed by atoms with Gasteiger partial charge >= 0.3 is 0 Å². The van der Waals surface area contributed by atoms with Crippen LogP contribution >= 0.6 is 0 Å². The van der Waals surface area contributed by atoms with Crippen molar-refractivity contribution in [1.29, 1.82) is 0 Å². The van der Waals surface area contributed by atoms with E-state index in [4.69, 9.17) is 4.74 Å². The Balaban J connectivity index is 1.55. The first-order chi connectivity index (χ1) is 14.0. The summed E-state index contributed by atoms with van der Waals surface area (Å²) in [5.41, 5.74) is 1.65. The van der Waals surface area contributed by atoms with Gasteiger partial charge in [0.2, 0.25) is 10.0 Å². The van der Waals surface area contributed by atoms with Gasteiger partial charge in [-0.2, -0.15) is 4.31 Å². The number of rotatable bonds is 4. The fourth-order valence-corrected chi connectivity index (χ4v) is 5.72. The zero-order chi connectivity index (χ0) is 20.4. The van der Waals surface area contributed by atoms with Crippen molar-refractivity contribution in [3.63, 3.8) is 0 Å². The number of hydrogen-bond acceptors (Lipinski definition) is 4. The van der Waals surface area contributed by atoms with E-state index in [0.29, 0.717) is 44.3 Å². The largest absolute Gasteiger partial charge is 0.379 e. The molecule has 7 heteroatoms. The highest BCUT2D eigenvalue weighted by molar-refractivity contribution is 7.89. The fourth-order valence-electron chi connectivity index (χ4n) is 4.26. The molecule has 0 saturated carbocycles. The number of benzene rings is 2. The van der Waals surface area contributed by atoms with Crippen molar-refractivity contribution in [3.05, 3.63) is 65.7 Å². The van der Waals surface area contributed by atoms with Crippen LogP contribution in [0.4, 0.5) is 0 Å². The van der Waals surface area contributed by atoms with Gasteiger partial charge in [0.25, 0.3) is 5.91 Å². The molecule has 4 rings (SSSR count). The van der Waals surface area contributed by atoms with Gasteiger partial charge in [-0.1, -0.05) is 36.4 Å². The minimum atomic E-state index is -3.63. The maximum atomic E-state index is 13.2. The van der Waals surface area contributed by atoms with Crippen molar-refractivity contribution in [2.24, 2.45) is 0 Å². The molecule has 0 radical (unpaired) electrons. The fraction of sp³-hybridized carbons (Fsp3) is 0.409. The lowest BCUT2D eigenvalue weighted by Crippen LogP contribution is -2.40. The van der Waals surface area contributed by atoms with Crippen LogP contribution in [0.2, 0.25) is 0 Å². The first-order valence-corrected chi connectivity index (χ1v) is 11.5. The Morgan fingerprint density at radius 1 is 1.00 bits per heavy atom. The summed E-state index contributed by atoms with van der Waals surface area (Å²) in [6.45, 7) is 4.19. The molecule has 0 aliphatic carbocycles. The number of ether oxygens (including phenoxy) is 1. The van der Waals surface area contributed by atoms with E-state index >= 15 is 0 Å². The Morgan fingerprint density at radius 3 is 2.45 bits per heavy atom. The molecular weight excluding hydrogens is 388 g/mol. The van der Waals surface area contributed by atoms with E-state index in [1.807, 2.05) is 23.1 Å². The Kier molecular flexibility index (Phi) is 5.72. The SMILES string of the molecule is C[C@H]1[C@H](c2ccccc2)CCN1C(=O)c1cccc(S(=O)(=O)N2CCOCC2)c1. The number of amides is 1. The van der Waals surface area contributed by atoms with Crippen molar-refractivity contribution in [1.82, 2.24) is 9.21 Å². The topological polar surface area (TPSA) is 66.9 Å². The highest BCUT2D eigenvalue weighted by atomic mass is 32.2. The van der Waals surface area contributed by atoms with E-state index in [9.17, 15) is 13.2 Å². The third kappa shape index (κ3) is 3.95. The van der Waals surface area contributed by atoms with E-state index in [0.717, 1.165) is 6.42 Å². The summed E-state index contributed by atoms with van der Waals surface area (Å²) in [4.78, 5) is 15.2. The molecule has 0 spiro atoms. The first-order valence-electron chi connectivity index (χ1n) is 10.0. The van der Waals surface area contributed by atoms with Crippen LogP contribution in [0.15, 0.2) is 59.5 Å². The van der Waals surface area contributed by atoms with E-state index < -0.39 is 10.0 Å². The minimum absolute atomic E-state index is 0.0596. The molecule has 2 aromatic rings. The van der Waals surface area contributed by atoms with Crippen molar-refractivity contribution >= 4 is 15.9 Å². The summed E-state index contributed by atoms with van der Waals surface area (Å²) in [6.07, 6.45) is 0.905. The zero-order valence-electron chi connectivity index (χ0n) is 16.5. The van der Waals surface area contributed by atoms with E-state index in [-0.39, 0.29) is 16.8 Å². The molecule has 2 aliphatic rings. The average molecular weight is 415 g/mol. The molecule has 2 heterocycles. The van der Waals surface area contributed by atoms with Gasteiger partial charge in [-0.05, 0) is 37.1 Å². The Labute approximate surface area is 172 Å². The van der Waals surface area contributed by atoms with Crippen LogP contribution in [0.3, 0.4) is 0 Å². The summed E-state index contributed by atoms with van der Waals surface area (Å²) >= 11 is 0. The number of carbonyl (C=O) groups excluding carboxylic acids is 1. The third-order valence-electron chi connectivity index (χ3n) is 5.93. The molecule has 0 N–H and O–H groups in total. The number of nitrogens with zero attached hydrogens (tertiary/aromatic N) is 2. The summed E-state index contributed by atoms with van der Waals surface area (Å²) in [6, 6.07) is 16.7. The average Bonchev–Trinajstić information content (AvgIpc) is 3.16. The molecule has 2 fully saturated rings. The molecule has 0 unspecified atom stereocenters. The van der Waals surface area contributed by atoms with Crippen molar-refractivity contribution in [3.8, 4) is 0 Å². The molecule has 29 heavy (non-hydrogen) atoms. The Hall–Kier alpha value is -2.22. The summed E-state index contributed by atoms with van der Waals surface area (Å²) in [7, 11) is -3.63. The standard InChI is InChI=1S/C22H26N2O4S/c1-17-21(18-6-3-2-4-7-18)10-11-24(17)22(25)19-8-5-9-20(16-19)29(26,27)23-12-14-28-15-13-23/h2-9,16-17,21H,10-15H2,1H3/t17-,21+/m0/s1. The molecule has 2 aliphatic heterocycles. The highest BCUT2D eigenvalue weighted by Crippen LogP contribution is 2.34. The van der Waals surface area contributed by atoms with Crippen LogP contribution < -0.4 is 0 Å². The lowest BCUT2D eigenvalue weighted by Gasteiger charge is -2.27. The Morgan fingerprint density at radius 2 is 1.72 bits per heavy atom. The summed E-state index contributed by atoms with van der Waals surface area (Å²) < 4.78 is 32.5. The van der Waals surface area contributed by atoms with Gasteiger partial charge < -0.3 is 9.64 Å². The van der Waals surface area contributed by atoms with Crippen LogP contribution in [0.25, 0.3) is 0 Å². The molecule has 6 nitrogen and oxygen atoms in total. The molecule has 1 amide bonds. The first kappa shape index (κ1) is 20.1. The van der Waals surface area contributed by atoms with Gasteiger partial charge in [0.05, 0.1) is 18.1 Å². The number of morpholine rings is 1. The lowest BCUT2D eigenvalue weighted by atomic mass is 9.93. The number of likely N-dealkylation sites (tertiary alicyclic amines) is 1. The molecule has 0 bridgehead atoms. The molecule has 154 valence electrons. The van der Waals surface area contributed by atoms with E-state index in [1.54, 1.807) is 18.2 Å². The normalized spacial score (nSPS) is 23.3.